The highest BCUT2D eigenvalue weighted by atomic mass is 35.5. The second-order valence-electron chi connectivity index (χ2n) is 2.83. The van der Waals surface area contributed by atoms with Gasteiger partial charge in [-0.05, 0) is 24.5 Å². The summed E-state index contributed by atoms with van der Waals surface area (Å²) in [7, 11) is 0. The van der Waals surface area contributed by atoms with Crippen LogP contribution in [-0.2, 0) is 0 Å². The number of rotatable bonds is 2. The van der Waals surface area contributed by atoms with Crippen LogP contribution in [0.4, 0.5) is 5.69 Å². The number of thioether (sulfide) groups is 1. The lowest BCUT2D eigenvalue weighted by atomic mass is 10.3. The second-order valence-corrected chi connectivity index (χ2v) is 4.08. The summed E-state index contributed by atoms with van der Waals surface area (Å²) in [6.45, 7) is 0. The van der Waals surface area contributed by atoms with Crippen LogP contribution < -0.4 is 17.2 Å². The van der Waals surface area contributed by atoms with Gasteiger partial charge in [-0.15, -0.1) is 24.2 Å². The Balaban J connectivity index is 0.00000256. The largest absolute Gasteiger partial charge is 0.370 e. The lowest BCUT2D eigenvalue weighted by Gasteiger charge is -2.01. The first-order valence-electron chi connectivity index (χ1n) is 4.30. The molecule has 0 atom stereocenters. The monoisotopic (exact) mass is 293 g/mol. The molecule has 94 valence electrons. The lowest BCUT2D eigenvalue weighted by molar-refractivity contribution is 1.36. The number of halogens is 2. The fourth-order valence-corrected chi connectivity index (χ4v) is 1.88. The Morgan fingerprint density at radius 3 is 2.41 bits per heavy atom. The lowest BCUT2D eigenvalue weighted by Crippen LogP contribution is -2.26. The molecule has 0 fully saturated rings. The summed E-state index contributed by atoms with van der Waals surface area (Å²) in [4.78, 5) is 8.56. The van der Waals surface area contributed by atoms with Crippen molar-refractivity contribution in [2.24, 2.45) is 27.2 Å². The maximum absolute atomic E-state index is 6.00. The predicted molar refractivity (Wildman–Crippen MR) is 77.6 cm³/mol. The van der Waals surface area contributed by atoms with Crippen LogP contribution >= 0.6 is 35.8 Å². The molecule has 0 heterocycles. The Kier molecular flexibility index (Phi) is 6.79. The molecule has 0 saturated carbocycles. The van der Waals surface area contributed by atoms with Gasteiger partial charge in [0.25, 0.3) is 0 Å². The summed E-state index contributed by atoms with van der Waals surface area (Å²) < 4.78 is 0. The summed E-state index contributed by atoms with van der Waals surface area (Å²) >= 11 is 7.56. The van der Waals surface area contributed by atoms with Crippen molar-refractivity contribution in [3.05, 3.63) is 23.2 Å². The molecule has 0 aromatic heterocycles. The van der Waals surface area contributed by atoms with Gasteiger partial charge in [0.05, 0.1) is 10.7 Å². The zero-order valence-corrected chi connectivity index (χ0v) is 11.4. The highest BCUT2D eigenvalue weighted by Gasteiger charge is 2.00. The van der Waals surface area contributed by atoms with E-state index in [0.717, 1.165) is 4.90 Å². The zero-order chi connectivity index (χ0) is 12.1. The zero-order valence-electron chi connectivity index (χ0n) is 9.05. The maximum atomic E-state index is 6.00. The summed E-state index contributed by atoms with van der Waals surface area (Å²) in [5.74, 6) is -0.138. The van der Waals surface area contributed by atoms with Gasteiger partial charge in [0.15, 0.2) is 5.96 Å². The Morgan fingerprint density at radius 2 is 1.94 bits per heavy atom. The third kappa shape index (κ3) is 5.16. The number of nitrogens with two attached hydrogens (primary N) is 3. The predicted octanol–water partition coefficient (Wildman–Crippen LogP) is 1.70. The number of aliphatic imine (C=N–C) groups is 2. The van der Waals surface area contributed by atoms with Crippen molar-refractivity contribution in [2.45, 2.75) is 4.90 Å². The molecule has 0 radical (unpaired) electrons. The minimum Gasteiger partial charge on any atom is -0.370 e. The van der Waals surface area contributed by atoms with Crippen molar-refractivity contribution < 1.29 is 0 Å². The first kappa shape index (κ1) is 15.9. The first-order chi connectivity index (χ1) is 7.52. The SMILES string of the molecule is CSc1ccc(N=C(N)N=C(N)N)cc1Cl.Cl. The molecule has 1 rings (SSSR count). The summed E-state index contributed by atoms with van der Waals surface area (Å²) in [5, 5.41) is 0.617. The maximum Gasteiger partial charge on any atom is 0.223 e. The molecule has 0 aliphatic carbocycles. The van der Waals surface area contributed by atoms with E-state index in [9.17, 15) is 0 Å². The van der Waals surface area contributed by atoms with Crippen molar-refractivity contribution in [3.63, 3.8) is 0 Å². The molecule has 5 nitrogen and oxygen atoms in total. The van der Waals surface area contributed by atoms with Gasteiger partial charge in [-0.3, -0.25) is 0 Å². The summed E-state index contributed by atoms with van der Waals surface area (Å²) in [6.07, 6.45) is 1.94. The highest BCUT2D eigenvalue weighted by molar-refractivity contribution is 7.98. The minimum absolute atomic E-state index is 0. The van der Waals surface area contributed by atoms with E-state index in [1.54, 1.807) is 23.9 Å². The van der Waals surface area contributed by atoms with Crippen molar-refractivity contribution in [1.82, 2.24) is 0 Å². The van der Waals surface area contributed by atoms with E-state index in [1.807, 2.05) is 12.3 Å². The Labute approximate surface area is 115 Å². The topological polar surface area (TPSA) is 103 Å². The number of hydrogen-bond donors (Lipinski definition) is 3. The van der Waals surface area contributed by atoms with E-state index in [2.05, 4.69) is 9.98 Å². The van der Waals surface area contributed by atoms with Crippen LogP contribution in [-0.4, -0.2) is 18.2 Å². The van der Waals surface area contributed by atoms with E-state index < -0.39 is 0 Å². The average molecular weight is 294 g/mol. The van der Waals surface area contributed by atoms with Crippen molar-refractivity contribution in [2.75, 3.05) is 6.26 Å². The van der Waals surface area contributed by atoms with Gasteiger partial charge in [0, 0.05) is 4.90 Å². The quantitative estimate of drug-likeness (QED) is 0.439. The third-order valence-electron chi connectivity index (χ3n) is 1.62. The van der Waals surface area contributed by atoms with Crippen molar-refractivity contribution in [1.29, 1.82) is 0 Å². The van der Waals surface area contributed by atoms with E-state index in [4.69, 9.17) is 28.8 Å². The fraction of sp³-hybridized carbons (Fsp3) is 0.111. The van der Waals surface area contributed by atoms with Gasteiger partial charge in [0.2, 0.25) is 5.96 Å². The van der Waals surface area contributed by atoms with Crippen LogP contribution in [0.25, 0.3) is 0 Å². The molecule has 0 amide bonds. The molecule has 0 saturated heterocycles. The molecular weight excluding hydrogens is 281 g/mol. The van der Waals surface area contributed by atoms with Crippen molar-refractivity contribution in [3.8, 4) is 0 Å². The summed E-state index contributed by atoms with van der Waals surface area (Å²) in [5.41, 5.74) is 16.4. The van der Waals surface area contributed by atoms with Gasteiger partial charge >= 0.3 is 0 Å². The van der Waals surface area contributed by atoms with Crippen LogP contribution in [0.2, 0.25) is 5.02 Å². The molecule has 0 spiro atoms. The normalized spacial score (nSPS) is 10.6. The Morgan fingerprint density at radius 1 is 1.29 bits per heavy atom. The van der Waals surface area contributed by atoms with E-state index in [0.29, 0.717) is 10.7 Å². The summed E-state index contributed by atoms with van der Waals surface area (Å²) in [6, 6.07) is 5.34. The molecule has 0 unspecified atom stereocenters. The van der Waals surface area contributed by atoms with Crippen LogP contribution in [0, 0.1) is 0 Å². The van der Waals surface area contributed by atoms with Gasteiger partial charge < -0.3 is 17.2 Å². The molecule has 0 aliphatic heterocycles. The van der Waals surface area contributed by atoms with E-state index in [-0.39, 0.29) is 24.3 Å². The fourth-order valence-electron chi connectivity index (χ4n) is 1.01. The molecule has 1 aromatic carbocycles. The van der Waals surface area contributed by atoms with Gasteiger partial charge in [-0.25, -0.2) is 4.99 Å². The first-order valence-corrected chi connectivity index (χ1v) is 5.90. The van der Waals surface area contributed by atoms with Crippen LogP contribution in [0.15, 0.2) is 33.1 Å². The molecule has 0 bridgehead atoms. The average Bonchev–Trinajstić information content (AvgIpc) is 2.16. The molecule has 0 aliphatic rings. The smallest absolute Gasteiger partial charge is 0.223 e. The van der Waals surface area contributed by atoms with E-state index >= 15 is 0 Å². The molecule has 6 N–H and O–H groups in total. The molecule has 17 heavy (non-hydrogen) atoms. The minimum atomic E-state index is -0.131. The number of guanidine groups is 2. The van der Waals surface area contributed by atoms with Crippen LogP contribution in [0.1, 0.15) is 0 Å². The van der Waals surface area contributed by atoms with Gasteiger partial charge in [-0.2, -0.15) is 4.99 Å². The number of benzene rings is 1. The Hall–Kier alpha value is -1.11. The Bertz CT molecular complexity index is 443. The standard InChI is InChI=1S/C9H12ClN5S.ClH/c1-16-7-3-2-5(4-6(7)10)14-9(13)15-8(11)12;/h2-4H,1H3,(H6,11,12,13,14,15);1H. The second kappa shape index (κ2) is 7.26. The third-order valence-corrected chi connectivity index (χ3v) is 2.84. The molecule has 8 heteroatoms. The van der Waals surface area contributed by atoms with Gasteiger partial charge in [-0.1, -0.05) is 11.6 Å². The number of nitrogens with zero attached hydrogens (tertiary/aromatic N) is 2. The molecular formula is C9H13Cl2N5S. The highest BCUT2D eigenvalue weighted by Crippen LogP contribution is 2.29. The van der Waals surface area contributed by atoms with E-state index in [1.165, 1.54) is 0 Å². The molecule has 1 aromatic rings. The number of hydrogen-bond acceptors (Lipinski definition) is 2. The van der Waals surface area contributed by atoms with Crippen molar-refractivity contribution >= 4 is 53.4 Å². The van der Waals surface area contributed by atoms with Crippen LogP contribution in [0.3, 0.4) is 0 Å². The van der Waals surface area contributed by atoms with Gasteiger partial charge in [0.1, 0.15) is 0 Å². The van der Waals surface area contributed by atoms with Crippen LogP contribution in [0.5, 0.6) is 0 Å².